The molecule has 5 nitrogen and oxygen atoms in total. The van der Waals surface area contributed by atoms with Crippen molar-refractivity contribution in [2.75, 3.05) is 31.1 Å². The molecule has 152 valence electrons. The van der Waals surface area contributed by atoms with Gasteiger partial charge >= 0.3 is 0 Å². The van der Waals surface area contributed by atoms with E-state index in [0.717, 1.165) is 52.9 Å². The maximum absolute atomic E-state index is 11.7. The predicted molar refractivity (Wildman–Crippen MR) is 125 cm³/mol. The first kappa shape index (κ1) is 20.6. The molecule has 1 aliphatic rings. The Labute approximate surface area is 187 Å². The molecule has 2 aromatic heterocycles. The lowest BCUT2D eigenvalue weighted by Gasteiger charge is -2.35. The van der Waals surface area contributed by atoms with Crippen LogP contribution in [0.15, 0.2) is 33.6 Å². The lowest BCUT2D eigenvalue weighted by molar-refractivity contribution is -0.129. The number of nitrogens with zero attached hydrogens (tertiary/aromatic N) is 4. The van der Waals surface area contributed by atoms with Crippen LogP contribution in [-0.4, -0.2) is 47.0 Å². The van der Waals surface area contributed by atoms with Crippen molar-refractivity contribution >= 4 is 61.0 Å². The first-order valence-corrected chi connectivity index (χ1v) is 12.2. The van der Waals surface area contributed by atoms with Crippen LogP contribution in [0, 0.1) is 13.8 Å². The summed E-state index contributed by atoms with van der Waals surface area (Å²) < 4.78 is 1.08. The number of benzene rings is 1. The number of anilines is 1. The van der Waals surface area contributed by atoms with Crippen LogP contribution >= 0.6 is 39.0 Å². The highest BCUT2D eigenvalue weighted by atomic mass is 79.9. The van der Waals surface area contributed by atoms with Crippen molar-refractivity contribution < 1.29 is 4.79 Å². The zero-order valence-electron chi connectivity index (χ0n) is 16.7. The summed E-state index contributed by atoms with van der Waals surface area (Å²) in [5.41, 5.74) is 1.26. The number of thioether (sulfide) groups is 1. The van der Waals surface area contributed by atoms with Crippen molar-refractivity contribution in [2.24, 2.45) is 0 Å². The third kappa shape index (κ3) is 4.44. The Morgan fingerprint density at radius 2 is 1.83 bits per heavy atom. The molecule has 0 aliphatic carbocycles. The van der Waals surface area contributed by atoms with Gasteiger partial charge in [-0.15, -0.1) is 23.1 Å². The van der Waals surface area contributed by atoms with Gasteiger partial charge in [0.1, 0.15) is 16.5 Å². The van der Waals surface area contributed by atoms with Gasteiger partial charge in [-0.25, -0.2) is 9.97 Å². The molecule has 0 spiro atoms. The van der Waals surface area contributed by atoms with Crippen LogP contribution in [-0.2, 0) is 10.5 Å². The molecule has 8 heteroatoms. The van der Waals surface area contributed by atoms with Crippen molar-refractivity contribution in [1.82, 2.24) is 14.9 Å². The second-order valence-electron chi connectivity index (χ2n) is 7.16. The average Bonchev–Trinajstić information content (AvgIpc) is 3.01. The normalized spacial score (nSPS) is 14.6. The zero-order valence-corrected chi connectivity index (χ0v) is 20.0. The molecule has 29 heavy (non-hydrogen) atoms. The molecule has 3 aromatic rings. The van der Waals surface area contributed by atoms with Crippen LogP contribution in [0.5, 0.6) is 0 Å². The highest BCUT2D eigenvalue weighted by molar-refractivity contribution is 9.10. The van der Waals surface area contributed by atoms with E-state index in [1.54, 1.807) is 30.0 Å². The van der Waals surface area contributed by atoms with Crippen LogP contribution in [0.4, 0.5) is 5.82 Å². The maximum Gasteiger partial charge on any atom is 0.219 e. The van der Waals surface area contributed by atoms with Crippen LogP contribution in [0.25, 0.3) is 10.2 Å². The monoisotopic (exact) mass is 490 g/mol. The molecule has 1 fully saturated rings. The number of halogens is 1. The lowest BCUT2D eigenvalue weighted by atomic mass is 10.2. The number of aryl methyl sites for hydroxylation is 2. The largest absolute Gasteiger partial charge is 0.352 e. The second kappa shape index (κ2) is 8.62. The van der Waals surface area contributed by atoms with Gasteiger partial charge in [-0.1, -0.05) is 15.9 Å². The number of fused-ring (bicyclic) bond motifs is 1. The van der Waals surface area contributed by atoms with E-state index in [1.165, 1.54) is 20.7 Å². The molecule has 0 atom stereocenters. The number of hydrogen-bond donors (Lipinski definition) is 0. The number of thiophene rings is 1. The summed E-state index contributed by atoms with van der Waals surface area (Å²) >= 11 is 6.97. The lowest BCUT2D eigenvalue weighted by Crippen LogP contribution is -2.48. The van der Waals surface area contributed by atoms with E-state index < -0.39 is 0 Å². The van der Waals surface area contributed by atoms with E-state index >= 15 is 0 Å². The van der Waals surface area contributed by atoms with Crippen molar-refractivity contribution in [3.8, 4) is 0 Å². The summed E-state index contributed by atoms with van der Waals surface area (Å²) in [6.45, 7) is 9.04. The molecule has 4 rings (SSSR count). The maximum atomic E-state index is 11.7. The third-order valence-corrected chi connectivity index (χ3v) is 7.90. The predicted octanol–water partition coefficient (Wildman–Crippen LogP) is 5.03. The topological polar surface area (TPSA) is 49.3 Å². The molecular weight excluding hydrogens is 468 g/mol. The Kier molecular flexibility index (Phi) is 6.13. The van der Waals surface area contributed by atoms with E-state index in [4.69, 9.17) is 9.97 Å². The highest BCUT2D eigenvalue weighted by Crippen LogP contribution is 2.36. The molecule has 1 amide bonds. The summed E-state index contributed by atoms with van der Waals surface area (Å²) in [5, 5.41) is 1.17. The third-order valence-electron chi connectivity index (χ3n) is 5.26. The van der Waals surface area contributed by atoms with Crippen molar-refractivity contribution in [1.29, 1.82) is 0 Å². The van der Waals surface area contributed by atoms with Crippen LogP contribution in [0.2, 0.25) is 0 Å². The summed E-state index contributed by atoms with van der Waals surface area (Å²) in [5.74, 6) is 2.75. The van der Waals surface area contributed by atoms with E-state index in [1.807, 2.05) is 4.90 Å². The highest BCUT2D eigenvalue weighted by Gasteiger charge is 2.24. The van der Waals surface area contributed by atoms with Gasteiger partial charge in [0.15, 0.2) is 0 Å². The molecular formula is C21H23BrN4OS2. The molecule has 0 unspecified atom stereocenters. The van der Waals surface area contributed by atoms with Gasteiger partial charge in [-0.05, 0) is 43.7 Å². The summed E-state index contributed by atoms with van der Waals surface area (Å²) in [6, 6.07) is 8.32. The Morgan fingerprint density at radius 3 is 2.48 bits per heavy atom. The van der Waals surface area contributed by atoms with Crippen molar-refractivity contribution in [3.63, 3.8) is 0 Å². The van der Waals surface area contributed by atoms with Crippen LogP contribution in [0.1, 0.15) is 23.2 Å². The number of carbonyl (C=O) groups excluding carboxylic acids is 1. The van der Waals surface area contributed by atoms with Gasteiger partial charge in [-0.3, -0.25) is 4.79 Å². The first-order chi connectivity index (χ1) is 13.9. The number of piperazine rings is 1. The smallest absolute Gasteiger partial charge is 0.219 e. The summed E-state index contributed by atoms with van der Waals surface area (Å²) in [4.78, 5) is 29.3. The number of carbonyl (C=O) groups is 1. The first-order valence-electron chi connectivity index (χ1n) is 9.58. The minimum absolute atomic E-state index is 0.145. The minimum atomic E-state index is 0.145. The quantitative estimate of drug-likeness (QED) is 0.479. The van der Waals surface area contributed by atoms with Gasteiger partial charge < -0.3 is 9.80 Å². The number of amides is 1. The van der Waals surface area contributed by atoms with Crippen molar-refractivity contribution in [2.45, 2.75) is 31.4 Å². The standard InChI is InChI=1S/C21H23BrN4OS2/c1-13-14(2)29-21-19(13)20(26-10-8-25(9-11-26)15(3)27)23-18(24-21)12-28-17-6-4-16(22)5-7-17/h4-7H,8-12H2,1-3H3. The fourth-order valence-corrected chi connectivity index (χ4v) is 5.54. The van der Waals surface area contributed by atoms with E-state index in [2.05, 4.69) is 58.9 Å². The fraction of sp³-hybridized carbons (Fsp3) is 0.381. The molecule has 1 saturated heterocycles. The Hall–Kier alpha value is -1.64. The average molecular weight is 491 g/mol. The molecule has 0 bridgehead atoms. The minimum Gasteiger partial charge on any atom is -0.352 e. The zero-order chi connectivity index (χ0) is 20.5. The summed E-state index contributed by atoms with van der Waals surface area (Å²) in [7, 11) is 0. The van der Waals surface area contributed by atoms with Crippen LogP contribution in [0.3, 0.4) is 0 Å². The van der Waals surface area contributed by atoms with Gasteiger partial charge in [0.2, 0.25) is 5.91 Å². The molecule has 1 aliphatic heterocycles. The number of hydrogen-bond acceptors (Lipinski definition) is 6. The fourth-order valence-electron chi connectivity index (χ4n) is 3.48. The van der Waals surface area contributed by atoms with E-state index in [9.17, 15) is 4.79 Å². The van der Waals surface area contributed by atoms with Gasteiger partial charge in [0, 0.05) is 47.3 Å². The van der Waals surface area contributed by atoms with Gasteiger partial charge in [-0.2, -0.15) is 0 Å². The SMILES string of the molecule is CC(=O)N1CCN(c2nc(CSc3ccc(Br)cc3)nc3sc(C)c(C)c23)CC1. The Balaban J connectivity index is 1.63. The molecule has 0 radical (unpaired) electrons. The van der Waals surface area contributed by atoms with Gasteiger partial charge in [0.05, 0.1) is 11.1 Å². The Morgan fingerprint density at radius 1 is 1.14 bits per heavy atom. The number of aromatic nitrogens is 2. The molecule has 0 N–H and O–H groups in total. The van der Waals surface area contributed by atoms with Gasteiger partial charge in [0.25, 0.3) is 0 Å². The van der Waals surface area contributed by atoms with E-state index in [0.29, 0.717) is 0 Å². The second-order valence-corrected chi connectivity index (χ2v) is 10.3. The van der Waals surface area contributed by atoms with Crippen molar-refractivity contribution in [3.05, 3.63) is 45.0 Å². The molecule has 1 aromatic carbocycles. The van der Waals surface area contributed by atoms with Crippen LogP contribution < -0.4 is 4.90 Å². The molecule has 3 heterocycles. The number of rotatable bonds is 4. The summed E-state index contributed by atoms with van der Waals surface area (Å²) in [6.07, 6.45) is 0. The van der Waals surface area contributed by atoms with E-state index in [-0.39, 0.29) is 5.91 Å². The molecule has 0 saturated carbocycles. The Bertz CT molecular complexity index is 1040.